The molecule has 3 aliphatic rings. The Morgan fingerprint density at radius 1 is 0.897 bits per heavy atom. The molecule has 2 unspecified atom stereocenters. The molecule has 6 rings (SSSR count). The zero-order chi connectivity index (χ0) is 19.4. The third-order valence-electron chi connectivity index (χ3n) is 6.68. The van der Waals surface area contributed by atoms with Crippen molar-refractivity contribution < 1.29 is 4.79 Å². The van der Waals surface area contributed by atoms with Crippen LogP contribution in [0.3, 0.4) is 0 Å². The monoisotopic (exact) mass is 381 g/mol. The number of nitrogens with one attached hydrogen (secondary N) is 1. The molecule has 0 radical (unpaired) electrons. The Kier molecular flexibility index (Phi) is 3.51. The summed E-state index contributed by atoms with van der Waals surface area (Å²) >= 11 is 0. The quantitative estimate of drug-likeness (QED) is 0.709. The number of anilines is 3. The summed E-state index contributed by atoms with van der Waals surface area (Å²) in [6.45, 7) is 1.59. The zero-order valence-corrected chi connectivity index (χ0v) is 16.2. The topological polar surface area (TPSA) is 35.6 Å². The maximum atomic E-state index is 14.1. The van der Waals surface area contributed by atoms with Crippen LogP contribution < -0.4 is 15.1 Å². The van der Waals surface area contributed by atoms with Crippen molar-refractivity contribution in [1.82, 2.24) is 0 Å². The second-order valence-electron chi connectivity index (χ2n) is 8.20. The number of amides is 1. The van der Waals surface area contributed by atoms with Crippen LogP contribution in [0.4, 0.5) is 17.1 Å². The molecule has 1 spiro atoms. The van der Waals surface area contributed by atoms with Crippen LogP contribution in [0.15, 0.2) is 78.9 Å². The van der Waals surface area contributed by atoms with Gasteiger partial charge >= 0.3 is 0 Å². The molecule has 4 nitrogen and oxygen atoms in total. The molecule has 3 aliphatic heterocycles. The van der Waals surface area contributed by atoms with Gasteiger partial charge in [-0.15, -0.1) is 0 Å². The van der Waals surface area contributed by atoms with E-state index in [0.717, 1.165) is 41.9 Å². The number of para-hydroxylation sites is 3. The first-order valence-electron chi connectivity index (χ1n) is 10.4. The van der Waals surface area contributed by atoms with Gasteiger partial charge < -0.3 is 15.1 Å². The summed E-state index contributed by atoms with van der Waals surface area (Å²) < 4.78 is 0. The largest absolute Gasteiger partial charge is 0.364 e. The standard InChI is InChI=1S/C25H23N3O/c29-24-25(23-15-8-16-27(23)22-14-7-5-12-20(22)26-25)19-11-4-6-13-21(19)28(24)17-18-9-2-1-3-10-18/h1-7,9-14,23,26H,8,15-17H2. The molecule has 1 fully saturated rings. The first-order valence-corrected chi connectivity index (χ1v) is 10.4. The summed E-state index contributed by atoms with van der Waals surface area (Å²) in [5.74, 6) is 0.161. The van der Waals surface area contributed by atoms with E-state index >= 15 is 0 Å². The lowest BCUT2D eigenvalue weighted by Crippen LogP contribution is -2.60. The van der Waals surface area contributed by atoms with Gasteiger partial charge in [0.2, 0.25) is 0 Å². The van der Waals surface area contributed by atoms with Crippen molar-refractivity contribution >= 4 is 23.0 Å². The van der Waals surface area contributed by atoms with Gasteiger partial charge in [0.05, 0.1) is 29.6 Å². The van der Waals surface area contributed by atoms with E-state index in [2.05, 4.69) is 58.7 Å². The van der Waals surface area contributed by atoms with Crippen LogP contribution in [-0.2, 0) is 16.9 Å². The lowest BCUT2D eigenvalue weighted by Gasteiger charge is -2.46. The molecule has 0 aromatic heterocycles. The number of rotatable bonds is 2. The molecule has 0 aliphatic carbocycles. The second-order valence-corrected chi connectivity index (χ2v) is 8.20. The van der Waals surface area contributed by atoms with Crippen molar-refractivity contribution in [2.24, 2.45) is 0 Å². The summed E-state index contributed by atoms with van der Waals surface area (Å²) in [6, 6.07) is 27.1. The minimum Gasteiger partial charge on any atom is -0.364 e. The Balaban J connectivity index is 1.52. The van der Waals surface area contributed by atoms with Crippen LogP contribution >= 0.6 is 0 Å². The molecule has 2 atom stereocenters. The first-order chi connectivity index (χ1) is 14.3. The molecule has 144 valence electrons. The predicted octanol–water partition coefficient (Wildman–Crippen LogP) is 4.52. The highest BCUT2D eigenvalue weighted by atomic mass is 16.2. The van der Waals surface area contributed by atoms with E-state index in [4.69, 9.17) is 0 Å². The van der Waals surface area contributed by atoms with Crippen LogP contribution in [0.25, 0.3) is 0 Å². The Morgan fingerprint density at radius 3 is 2.48 bits per heavy atom. The van der Waals surface area contributed by atoms with Crippen LogP contribution in [0.1, 0.15) is 24.0 Å². The van der Waals surface area contributed by atoms with Gasteiger partial charge in [0, 0.05) is 12.1 Å². The van der Waals surface area contributed by atoms with Gasteiger partial charge in [0.1, 0.15) is 0 Å². The highest BCUT2D eigenvalue weighted by Crippen LogP contribution is 2.53. The normalized spacial score (nSPS) is 24.3. The summed E-state index contributed by atoms with van der Waals surface area (Å²) in [7, 11) is 0. The van der Waals surface area contributed by atoms with Crippen molar-refractivity contribution in [1.29, 1.82) is 0 Å². The summed E-state index contributed by atoms with van der Waals surface area (Å²) in [4.78, 5) is 18.6. The maximum absolute atomic E-state index is 14.1. The fourth-order valence-electron chi connectivity index (χ4n) is 5.48. The van der Waals surface area contributed by atoms with Crippen LogP contribution in [0.2, 0.25) is 0 Å². The zero-order valence-electron chi connectivity index (χ0n) is 16.2. The van der Waals surface area contributed by atoms with Crippen molar-refractivity contribution in [3.05, 3.63) is 90.0 Å². The molecule has 1 saturated heterocycles. The van der Waals surface area contributed by atoms with E-state index in [1.807, 2.05) is 35.2 Å². The summed E-state index contributed by atoms with van der Waals surface area (Å²) in [5, 5.41) is 3.73. The maximum Gasteiger partial charge on any atom is 0.259 e. The van der Waals surface area contributed by atoms with Crippen molar-refractivity contribution in [3.8, 4) is 0 Å². The van der Waals surface area contributed by atoms with Crippen molar-refractivity contribution in [2.75, 3.05) is 21.7 Å². The molecule has 1 amide bonds. The van der Waals surface area contributed by atoms with E-state index < -0.39 is 5.54 Å². The van der Waals surface area contributed by atoms with E-state index in [-0.39, 0.29) is 11.9 Å². The Bertz CT molecular complexity index is 1100. The fraction of sp³-hybridized carbons (Fsp3) is 0.240. The Hall–Kier alpha value is -3.27. The predicted molar refractivity (Wildman–Crippen MR) is 116 cm³/mol. The lowest BCUT2D eigenvalue weighted by molar-refractivity contribution is -0.123. The third-order valence-corrected chi connectivity index (χ3v) is 6.68. The average Bonchev–Trinajstić information content (AvgIpc) is 3.35. The second kappa shape index (κ2) is 6.11. The molecule has 0 bridgehead atoms. The van der Waals surface area contributed by atoms with Gasteiger partial charge in [-0.05, 0) is 36.6 Å². The van der Waals surface area contributed by atoms with Crippen LogP contribution in [0.5, 0.6) is 0 Å². The number of hydrogen-bond donors (Lipinski definition) is 1. The lowest BCUT2D eigenvalue weighted by atomic mass is 9.80. The Labute approximate surface area is 170 Å². The minimum absolute atomic E-state index is 0.131. The first kappa shape index (κ1) is 16.7. The van der Waals surface area contributed by atoms with Gasteiger partial charge in [0.15, 0.2) is 5.54 Å². The van der Waals surface area contributed by atoms with E-state index in [0.29, 0.717) is 6.54 Å². The van der Waals surface area contributed by atoms with Crippen LogP contribution in [-0.4, -0.2) is 18.5 Å². The minimum atomic E-state index is -0.726. The molecule has 3 heterocycles. The van der Waals surface area contributed by atoms with Gasteiger partial charge in [-0.25, -0.2) is 0 Å². The highest BCUT2D eigenvalue weighted by molar-refractivity contribution is 6.11. The number of nitrogens with zero attached hydrogens (tertiary/aromatic N) is 2. The van der Waals surface area contributed by atoms with Gasteiger partial charge in [-0.2, -0.15) is 0 Å². The van der Waals surface area contributed by atoms with E-state index in [9.17, 15) is 4.79 Å². The SMILES string of the molecule is O=C1N(Cc2ccccc2)c2ccccc2C12Nc1ccccc1N1CCCC12. The highest BCUT2D eigenvalue weighted by Gasteiger charge is 2.60. The fourth-order valence-corrected chi connectivity index (χ4v) is 5.48. The molecule has 3 aromatic rings. The van der Waals surface area contributed by atoms with E-state index in [1.165, 1.54) is 5.69 Å². The molecule has 3 aromatic carbocycles. The number of carbonyl (C=O) groups excluding carboxylic acids is 1. The van der Waals surface area contributed by atoms with Gasteiger partial charge in [-0.1, -0.05) is 60.7 Å². The molecule has 4 heteroatoms. The molecular formula is C25H23N3O. The third kappa shape index (κ3) is 2.23. The number of benzene rings is 3. The number of carbonyl (C=O) groups is 1. The average molecular weight is 381 g/mol. The molecule has 29 heavy (non-hydrogen) atoms. The van der Waals surface area contributed by atoms with Crippen molar-refractivity contribution in [3.63, 3.8) is 0 Å². The number of hydrogen-bond acceptors (Lipinski definition) is 3. The smallest absolute Gasteiger partial charge is 0.259 e. The molecule has 0 saturated carbocycles. The van der Waals surface area contributed by atoms with Crippen LogP contribution in [0, 0.1) is 0 Å². The van der Waals surface area contributed by atoms with Gasteiger partial charge in [0.25, 0.3) is 5.91 Å². The Morgan fingerprint density at radius 2 is 1.62 bits per heavy atom. The molecule has 1 N–H and O–H groups in total. The molecular weight excluding hydrogens is 358 g/mol. The number of fused-ring (bicyclic) bond motifs is 6. The summed E-state index contributed by atoms with van der Waals surface area (Å²) in [6.07, 6.45) is 2.12. The van der Waals surface area contributed by atoms with Crippen molar-refractivity contribution in [2.45, 2.75) is 31.0 Å². The van der Waals surface area contributed by atoms with E-state index in [1.54, 1.807) is 0 Å². The summed E-state index contributed by atoms with van der Waals surface area (Å²) in [5.41, 5.74) is 4.82. The van der Waals surface area contributed by atoms with Gasteiger partial charge in [-0.3, -0.25) is 4.79 Å².